The van der Waals surface area contributed by atoms with E-state index in [1.807, 2.05) is 0 Å². The maximum absolute atomic E-state index is 3.51. The van der Waals surface area contributed by atoms with Crippen LogP contribution in [0.1, 0.15) is 0 Å². The van der Waals surface area contributed by atoms with Gasteiger partial charge in [-0.1, -0.05) is 0 Å². The molecule has 1 N–H and O–H groups in total. The Bertz CT molecular complexity index is 172. The fourth-order valence-electron chi connectivity index (χ4n) is 2.05. The van der Waals surface area contributed by atoms with Crippen LogP contribution >= 0.6 is 35.3 Å². The molecule has 0 aromatic heterocycles. The summed E-state index contributed by atoms with van der Waals surface area (Å²) < 4.78 is 0. The van der Waals surface area contributed by atoms with Gasteiger partial charge in [-0.15, -0.1) is 0 Å². The van der Waals surface area contributed by atoms with E-state index in [0.29, 0.717) is 0 Å². The first-order valence-electron chi connectivity index (χ1n) is 6.15. The van der Waals surface area contributed by atoms with Crippen molar-refractivity contribution < 1.29 is 0 Å². The van der Waals surface area contributed by atoms with Crippen LogP contribution in [0.4, 0.5) is 0 Å². The van der Waals surface area contributed by atoms with Gasteiger partial charge in [-0.25, -0.2) is 0 Å². The molecule has 2 fully saturated rings. The predicted molar refractivity (Wildman–Crippen MR) is 80.2 cm³/mol. The zero-order chi connectivity index (χ0) is 11.1. The van der Waals surface area contributed by atoms with Gasteiger partial charge in [0.25, 0.3) is 0 Å². The van der Waals surface area contributed by atoms with E-state index in [9.17, 15) is 0 Å². The lowest BCUT2D eigenvalue weighted by molar-refractivity contribution is 0.251. The van der Waals surface area contributed by atoms with Gasteiger partial charge in [0, 0.05) is 66.7 Å². The Morgan fingerprint density at radius 1 is 0.812 bits per heavy atom. The molecule has 2 aliphatic rings. The third-order valence-electron chi connectivity index (χ3n) is 3.03. The van der Waals surface area contributed by atoms with Crippen LogP contribution in [0.5, 0.6) is 0 Å². The fourth-order valence-corrected chi connectivity index (χ4v) is 5.25. The molecule has 0 amide bonds. The SMILES string of the molecule is C1CSCCN2CCSCC2CSCCN1. The Kier molecular flexibility index (Phi) is 6.82. The Balaban J connectivity index is 1.79. The highest BCUT2D eigenvalue weighted by Crippen LogP contribution is 2.20. The van der Waals surface area contributed by atoms with Crippen molar-refractivity contribution in [1.82, 2.24) is 10.2 Å². The molecule has 0 aromatic carbocycles. The smallest absolute Gasteiger partial charge is 0.0277 e. The molecule has 94 valence electrons. The number of rotatable bonds is 0. The Morgan fingerprint density at radius 3 is 2.25 bits per heavy atom. The molecule has 0 bridgehead atoms. The molecule has 2 heterocycles. The summed E-state index contributed by atoms with van der Waals surface area (Å²) in [5, 5.41) is 3.51. The first-order valence-corrected chi connectivity index (χ1v) is 9.61. The summed E-state index contributed by atoms with van der Waals surface area (Å²) in [6, 6.07) is 0.837. The Hall–Kier alpha value is 0.970. The monoisotopic (exact) mass is 278 g/mol. The molecule has 2 nitrogen and oxygen atoms in total. The summed E-state index contributed by atoms with van der Waals surface area (Å²) in [7, 11) is 0. The summed E-state index contributed by atoms with van der Waals surface area (Å²) in [6.45, 7) is 4.99. The molecule has 0 spiro atoms. The van der Waals surface area contributed by atoms with Gasteiger partial charge < -0.3 is 5.32 Å². The van der Waals surface area contributed by atoms with Crippen LogP contribution in [0, 0.1) is 0 Å². The molecule has 2 rings (SSSR count). The van der Waals surface area contributed by atoms with Crippen molar-refractivity contribution in [3.63, 3.8) is 0 Å². The van der Waals surface area contributed by atoms with Gasteiger partial charge in [-0.05, 0) is 0 Å². The van der Waals surface area contributed by atoms with Crippen molar-refractivity contribution >= 4 is 35.3 Å². The first kappa shape index (κ1) is 13.4. The van der Waals surface area contributed by atoms with Crippen LogP contribution < -0.4 is 5.32 Å². The molecule has 0 aliphatic carbocycles. The second-order valence-electron chi connectivity index (χ2n) is 4.20. The standard InChI is InChI=1S/C11H22N2S3/c1-5-14-7-3-13-4-8-16-10-11(13)9-15-6-2-12-1/h11-12H,1-10H2. The van der Waals surface area contributed by atoms with Crippen molar-refractivity contribution in [2.24, 2.45) is 0 Å². The third kappa shape index (κ3) is 4.69. The fraction of sp³-hybridized carbons (Fsp3) is 1.00. The van der Waals surface area contributed by atoms with Gasteiger partial charge in [-0.2, -0.15) is 35.3 Å². The molecule has 0 radical (unpaired) electrons. The zero-order valence-corrected chi connectivity index (χ0v) is 12.3. The first-order chi connectivity index (χ1) is 7.97. The summed E-state index contributed by atoms with van der Waals surface area (Å²) in [5.41, 5.74) is 0. The van der Waals surface area contributed by atoms with E-state index in [1.165, 1.54) is 60.7 Å². The molecule has 5 heteroatoms. The molecule has 1 atom stereocenters. The van der Waals surface area contributed by atoms with Gasteiger partial charge >= 0.3 is 0 Å². The molecule has 2 aliphatic heterocycles. The largest absolute Gasteiger partial charge is 0.315 e. The molecular weight excluding hydrogens is 256 g/mol. The second-order valence-corrected chi connectivity index (χ2v) is 7.73. The normalized spacial score (nSPS) is 31.1. The lowest BCUT2D eigenvalue weighted by Crippen LogP contribution is -2.45. The van der Waals surface area contributed by atoms with Crippen molar-refractivity contribution in [1.29, 1.82) is 0 Å². The van der Waals surface area contributed by atoms with Crippen LogP contribution in [-0.4, -0.2) is 71.6 Å². The highest BCUT2D eigenvalue weighted by molar-refractivity contribution is 8.00. The number of hydrogen-bond donors (Lipinski definition) is 1. The van der Waals surface area contributed by atoms with Crippen molar-refractivity contribution in [2.45, 2.75) is 6.04 Å². The van der Waals surface area contributed by atoms with E-state index >= 15 is 0 Å². The van der Waals surface area contributed by atoms with E-state index in [-0.39, 0.29) is 0 Å². The Morgan fingerprint density at radius 2 is 1.44 bits per heavy atom. The van der Waals surface area contributed by atoms with Crippen LogP contribution in [0.3, 0.4) is 0 Å². The number of nitrogens with one attached hydrogen (secondary N) is 1. The lowest BCUT2D eigenvalue weighted by atomic mass is 10.3. The number of thioether (sulfide) groups is 3. The van der Waals surface area contributed by atoms with Crippen LogP contribution in [0.25, 0.3) is 0 Å². The minimum absolute atomic E-state index is 0.837. The molecular formula is C11H22N2S3. The highest BCUT2D eigenvalue weighted by Gasteiger charge is 2.22. The number of hydrogen-bond acceptors (Lipinski definition) is 5. The van der Waals surface area contributed by atoms with Crippen LogP contribution in [-0.2, 0) is 0 Å². The average molecular weight is 279 g/mol. The highest BCUT2D eigenvalue weighted by atomic mass is 32.2. The summed E-state index contributed by atoms with van der Waals surface area (Å²) in [4.78, 5) is 2.73. The van der Waals surface area contributed by atoms with E-state index in [2.05, 4.69) is 45.5 Å². The minimum Gasteiger partial charge on any atom is -0.315 e. The maximum Gasteiger partial charge on any atom is 0.0277 e. The van der Waals surface area contributed by atoms with Gasteiger partial charge in [0.15, 0.2) is 0 Å². The summed E-state index contributed by atoms with van der Waals surface area (Å²) in [5.74, 6) is 7.89. The van der Waals surface area contributed by atoms with E-state index in [1.54, 1.807) is 0 Å². The molecule has 16 heavy (non-hydrogen) atoms. The number of fused-ring (bicyclic) bond motifs is 1. The predicted octanol–water partition coefficient (Wildman–Crippen LogP) is 1.47. The third-order valence-corrected chi connectivity index (χ3v) is 6.20. The van der Waals surface area contributed by atoms with Gasteiger partial charge in [-0.3, -0.25) is 4.90 Å². The maximum atomic E-state index is 3.51. The van der Waals surface area contributed by atoms with Gasteiger partial charge in [0.2, 0.25) is 0 Å². The van der Waals surface area contributed by atoms with Crippen LogP contribution in [0.2, 0.25) is 0 Å². The van der Waals surface area contributed by atoms with Crippen molar-refractivity contribution in [2.75, 3.05) is 60.7 Å². The summed E-state index contributed by atoms with van der Waals surface area (Å²) in [6.07, 6.45) is 0. The van der Waals surface area contributed by atoms with Crippen molar-refractivity contribution in [3.05, 3.63) is 0 Å². The molecule has 0 saturated carbocycles. The second kappa shape index (κ2) is 8.14. The minimum atomic E-state index is 0.837. The molecule has 0 aromatic rings. The summed E-state index contributed by atoms with van der Waals surface area (Å²) >= 11 is 6.38. The topological polar surface area (TPSA) is 15.3 Å². The zero-order valence-electron chi connectivity index (χ0n) is 9.82. The van der Waals surface area contributed by atoms with Crippen LogP contribution in [0.15, 0.2) is 0 Å². The molecule has 1 unspecified atom stereocenters. The molecule has 2 saturated heterocycles. The quantitative estimate of drug-likeness (QED) is 0.720. The Labute approximate surface area is 112 Å². The van der Waals surface area contributed by atoms with Gasteiger partial charge in [0.05, 0.1) is 0 Å². The van der Waals surface area contributed by atoms with Gasteiger partial charge in [0.1, 0.15) is 0 Å². The van der Waals surface area contributed by atoms with E-state index < -0.39 is 0 Å². The average Bonchev–Trinajstić information content (AvgIpc) is 2.30. The van der Waals surface area contributed by atoms with E-state index in [0.717, 1.165) is 6.04 Å². The van der Waals surface area contributed by atoms with Crippen molar-refractivity contribution in [3.8, 4) is 0 Å². The number of nitrogens with zero attached hydrogens (tertiary/aromatic N) is 1. The lowest BCUT2D eigenvalue weighted by Gasteiger charge is -2.35. The van der Waals surface area contributed by atoms with E-state index in [4.69, 9.17) is 0 Å².